The second-order valence-corrected chi connectivity index (χ2v) is 6.89. The molecule has 10 nitrogen and oxygen atoms in total. The first-order valence-electron chi connectivity index (χ1n) is 9.55. The second-order valence-electron chi connectivity index (χ2n) is 6.89. The molecule has 2 aromatic rings. The number of nitrogens with one attached hydrogen (secondary N) is 1. The minimum atomic E-state index is -0.0227. The van der Waals surface area contributed by atoms with Gasteiger partial charge in [0.25, 0.3) is 0 Å². The highest BCUT2D eigenvalue weighted by Crippen LogP contribution is 2.21. The van der Waals surface area contributed by atoms with Gasteiger partial charge >= 0.3 is 0 Å². The van der Waals surface area contributed by atoms with Crippen molar-refractivity contribution in [3.8, 4) is 0 Å². The smallest absolute Gasteiger partial charge is 0.194 e. The molecule has 1 atom stereocenters. The number of morpholine rings is 1. The molecule has 0 aromatic carbocycles. The number of hydrogen-bond donors (Lipinski definition) is 1. The van der Waals surface area contributed by atoms with E-state index in [4.69, 9.17) is 14.5 Å². The predicted octanol–water partition coefficient (Wildman–Crippen LogP) is 0.413. The number of rotatable bonds is 7. The highest BCUT2D eigenvalue weighted by atomic mass is 16.5. The largest absolute Gasteiger partial charge is 0.385 e. The Balaban J connectivity index is 1.71. The number of ether oxygens (including phenoxy) is 2. The maximum Gasteiger partial charge on any atom is 0.194 e. The molecule has 1 fully saturated rings. The summed E-state index contributed by atoms with van der Waals surface area (Å²) in [5.41, 5.74) is 1.08. The summed E-state index contributed by atoms with van der Waals surface area (Å²) in [4.78, 5) is 7.05. The van der Waals surface area contributed by atoms with Crippen molar-refractivity contribution >= 4 is 5.96 Å². The van der Waals surface area contributed by atoms with Crippen LogP contribution >= 0.6 is 0 Å². The Hall–Kier alpha value is -2.46. The lowest BCUT2D eigenvalue weighted by Crippen LogP contribution is -2.48. The van der Waals surface area contributed by atoms with E-state index in [-0.39, 0.29) is 6.10 Å². The number of hydrogen-bond acceptors (Lipinski definition) is 6. The molecule has 0 radical (unpaired) electrons. The monoisotopic (exact) mass is 390 g/mol. The molecule has 0 saturated carbocycles. The van der Waals surface area contributed by atoms with E-state index in [1.165, 1.54) is 0 Å². The lowest BCUT2D eigenvalue weighted by molar-refractivity contribution is -0.00811. The molecule has 0 aliphatic carbocycles. The summed E-state index contributed by atoms with van der Waals surface area (Å²) in [6.45, 7) is 6.05. The molecule has 1 saturated heterocycles. The lowest BCUT2D eigenvalue weighted by atomic mass is 10.1. The number of aliphatic imine (C=N–C) groups is 1. The molecule has 154 valence electrons. The number of guanidine groups is 1. The molecule has 0 spiro atoms. The number of methoxy groups -OCH3 is 1. The zero-order chi connectivity index (χ0) is 19.9. The second kappa shape index (κ2) is 9.65. The third kappa shape index (κ3) is 5.08. The third-order valence-corrected chi connectivity index (χ3v) is 4.82. The normalized spacial score (nSPS) is 17.9. The van der Waals surface area contributed by atoms with Crippen LogP contribution in [0.4, 0.5) is 0 Å². The molecule has 1 unspecified atom stereocenters. The molecule has 28 heavy (non-hydrogen) atoms. The molecule has 0 amide bonds. The van der Waals surface area contributed by atoms with Gasteiger partial charge in [-0.05, 0) is 13.3 Å². The molecule has 10 heteroatoms. The van der Waals surface area contributed by atoms with Gasteiger partial charge in [0.15, 0.2) is 11.8 Å². The fraction of sp³-hybridized carbons (Fsp3) is 0.667. The van der Waals surface area contributed by atoms with Crippen molar-refractivity contribution in [1.29, 1.82) is 0 Å². The van der Waals surface area contributed by atoms with Crippen molar-refractivity contribution in [2.45, 2.75) is 26.0 Å². The van der Waals surface area contributed by atoms with Crippen molar-refractivity contribution < 1.29 is 9.47 Å². The lowest BCUT2D eigenvalue weighted by Gasteiger charge is -2.35. The van der Waals surface area contributed by atoms with Gasteiger partial charge in [0, 0.05) is 52.7 Å². The first-order valence-corrected chi connectivity index (χ1v) is 9.55. The van der Waals surface area contributed by atoms with Crippen LogP contribution in [0, 0.1) is 6.92 Å². The van der Waals surface area contributed by atoms with Crippen LogP contribution in [0.5, 0.6) is 0 Å². The summed E-state index contributed by atoms with van der Waals surface area (Å²) in [5.74, 6) is 2.57. The van der Waals surface area contributed by atoms with Crippen molar-refractivity contribution in [2.75, 3.05) is 40.0 Å². The third-order valence-electron chi connectivity index (χ3n) is 4.82. The van der Waals surface area contributed by atoms with Crippen LogP contribution in [0.2, 0.25) is 0 Å². The number of aromatic nitrogens is 5. The quantitative estimate of drug-likeness (QED) is 0.416. The van der Waals surface area contributed by atoms with Crippen LogP contribution in [0.3, 0.4) is 0 Å². The van der Waals surface area contributed by atoms with Gasteiger partial charge in [0.2, 0.25) is 0 Å². The first-order chi connectivity index (χ1) is 13.6. The van der Waals surface area contributed by atoms with Crippen LogP contribution in [-0.2, 0) is 30.1 Å². The SMILES string of the molecule is COCCCNC(=NCc1nnc(C)n1C)N1CCOC(c2cnn(C)c2)C1. The van der Waals surface area contributed by atoms with E-state index < -0.39 is 0 Å². The Morgan fingerprint density at radius 1 is 1.39 bits per heavy atom. The maximum atomic E-state index is 5.96. The topological polar surface area (TPSA) is 94.6 Å². The zero-order valence-electron chi connectivity index (χ0n) is 17.1. The van der Waals surface area contributed by atoms with Crippen molar-refractivity contribution in [2.24, 2.45) is 19.1 Å². The molecular formula is C18H30N8O2. The summed E-state index contributed by atoms with van der Waals surface area (Å²) in [7, 11) is 5.59. The van der Waals surface area contributed by atoms with Gasteiger partial charge in [-0.25, -0.2) is 4.99 Å². The van der Waals surface area contributed by atoms with Crippen LogP contribution in [0.1, 0.15) is 29.7 Å². The van der Waals surface area contributed by atoms with Gasteiger partial charge in [0.1, 0.15) is 18.5 Å². The summed E-state index contributed by atoms with van der Waals surface area (Å²) >= 11 is 0. The highest BCUT2D eigenvalue weighted by molar-refractivity contribution is 5.80. The van der Waals surface area contributed by atoms with E-state index in [9.17, 15) is 0 Å². The van der Waals surface area contributed by atoms with Gasteiger partial charge in [-0.2, -0.15) is 5.10 Å². The van der Waals surface area contributed by atoms with E-state index in [2.05, 4.69) is 25.5 Å². The van der Waals surface area contributed by atoms with Gasteiger partial charge in [-0.3, -0.25) is 4.68 Å². The summed E-state index contributed by atoms with van der Waals surface area (Å²) < 4.78 is 14.9. The Kier molecular flexibility index (Phi) is 6.99. The van der Waals surface area contributed by atoms with Crippen LogP contribution < -0.4 is 5.32 Å². The van der Waals surface area contributed by atoms with E-state index in [1.54, 1.807) is 11.8 Å². The van der Waals surface area contributed by atoms with Gasteiger partial charge in [-0.1, -0.05) is 0 Å². The molecule has 0 bridgehead atoms. The molecule has 1 aliphatic rings. The number of nitrogens with zero attached hydrogens (tertiary/aromatic N) is 7. The van der Waals surface area contributed by atoms with Crippen molar-refractivity contribution in [1.82, 2.24) is 34.8 Å². The average Bonchev–Trinajstić information content (AvgIpc) is 3.28. The Morgan fingerprint density at radius 3 is 2.93 bits per heavy atom. The fourth-order valence-corrected chi connectivity index (χ4v) is 3.07. The molecule has 3 rings (SSSR count). The van der Waals surface area contributed by atoms with Crippen molar-refractivity contribution in [3.63, 3.8) is 0 Å². The molecule has 2 aromatic heterocycles. The van der Waals surface area contributed by atoms with E-state index in [1.807, 2.05) is 38.0 Å². The highest BCUT2D eigenvalue weighted by Gasteiger charge is 2.25. The van der Waals surface area contributed by atoms with Crippen LogP contribution in [0.15, 0.2) is 17.4 Å². The average molecular weight is 390 g/mol. The molecule has 1 aliphatic heterocycles. The molecular weight excluding hydrogens is 360 g/mol. The van der Waals surface area contributed by atoms with Gasteiger partial charge in [0.05, 0.1) is 19.3 Å². The predicted molar refractivity (Wildman–Crippen MR) is 105 cm³/mol. The Bertz CT molecular complexity index is 784. The van der Waals surface area contributed by atoms with E-state index >= 15 is 0 Å². The van der Waals surface area contributed by atoms with Crippen LogP contribution in [-0.4, -0.2) is 75.4 Å². The van der Waals surface area contributed by atoms with Crippen molar-refractivity contribution in [3.05, 3.63) is 29.6 Å². The first kappa shape index (κ1) is 20.3. The van der Waals surface area contributed by atoms with E-state index in [0.717, 1.165) is 49.2 Å². The van der Waals surface area contributed by atoms with Crippen LogP contribution in [0.25, 0.3) is 0 Å². The Morgan fingerprint density at radius 2 is 2.25 bits per heavy atom. The summed E-state index contributed by atoms with van der Waals surface area (Å²) in [6.07, 6.45) is 4.75. The molecule has 1 N–H and O–H groups in total. The minimum Gasteiger partial charge on any atom is -0.385 e. The summed E-state index contributed by atoms with van der Waals surface area (Å²) in [5, 5.41) is 16.0. The zero-order valence-corrected chi connectivity index (χ0v) is 17.1. The Labute approximate surface area is 165 Å². The fourth-order valence-electron chi connectivity index (χ4n) is 3.07. The van der Waals surface area contributed by atoms with E-state index in [0.29, 0.717) is 19.8 Å². The van der Waals surface area contributed by atoms with Gasteiger partial charge in [-0.15, -0.1) is 10.2 Å². The maximum absolute atomic E-state index is 5.96. The van der Waals surface area contributed by atoms with Gasteiger partial charge < -0.3 is 24.3 Å². The molecule has 3 heterocycles. The number of aryl methyl sites for hydroxylation is 2. The standard InChI is InChI=1S/C18H30N8O2/c1-14-22-23-17(25(14)3)11-20-18(19-6-5-8-27-4)26-7-9-28-16(13-26)15-10-21-24(2)12-15/h10,12,16H,5-9,11,13H2,1-4H3,(H,19,20). The minimum absolute atomic E-state index is 0.0227. The summed E-state index contributed by atoms with van der Waals surface area (Å²) in [6, 6.07) is 0.